The second-order valence-corrected chi connectivity index (χ2v) is 5.16. The summed E-state index contributed by atoms with van der Waals surface area (Å²) >= 11 is 0. The summed E-state index contributed by atoms with van der Waals surface area (Å²) < 4.78 is 61.1. The lowest BCUT2D eigenvalue weighted by Crippen LogP contribution is -2.54. The van der Waals surface area contributed by atoms with E-state index in [4.69, 9.17) is 0 Å². The van der Waals surface area contributed by atoms with Crippen LogP contribution in [0, 0.1) is 5.92 Å². The third-order valence-electron chi connectivity index (χ3n) is 3.42. The first-order chi connectivity index (χ1) is 8.48. The van der Waals surface area contributed by atoms with Crippen LogP contribution in [0.3, 0.4) is 0 Å². The number of hydrogen-bond acceptors (Lipinski definition) is 2. The van der Waals surface area contributed by atoms with Gasteiger partial charge in [0.2, 0.25) is 0 Å². The van der Waals surface area contributed by atoms with Crippen molar-refractivity contribution in [2.75, 3.05) is 6.54 Å². The molecule has 1 rings (SSSR count). The van der Waals surface area contributed by atoms with Crippen LogP contribution >= 0.6 is 0 Å². The largest absolute Gasteiger partial charge is 0.463 e. The van der Waals surface area contributed by atoms with Crippen molar-refractivity contribution >= 4 is 5.91 Å². The third kappa shape index (κ3) is 3.77. The van der Waals surface area contributed by atoms with E-state index < -0.39 is 30.2 Å². The molecule has 1 aliphatic carbocycles. The molecule has 2 N–H and O–H groups in total. The molecule has 0 bridgehead atoms. The Bertz CT molecular complexity index is 334. The number of alkyl halides is 5. The van der Waals surface area contributed by atoms with Crippen LogP contribution in [0.2, 0.25) is 0 Å². The van der Waals surface area contributed by atoms with Crippen molar-refractivity contribution < 1.29 is 31.9 Å². The number of halogens is 5. The van der Waals surface area contributed by atoms with Gasteiger partial charge in [0.05, 0.1) is 5.60 Å². The zero-order valence-electron chi connectivity index (χ0n) is 10.4. The molecule has 1 aliphatic rings. The molecule has 1 fully saturated rings. The molecule has 0 aromatic carbocycles. The van der Waals surface area contributed by atoms with Gasteiger partial charge < -0.3 is 10.4 Å². The number of hydrogen-bond donors (Lipinski definition) is 2. The SMILES string of the molecule is CC1CCC(O)(CNC(=O)C(F)(F)C(F)(F)F)CC1. The normalized spacial score (nSPS) is 29.1. The van der Waals surface area contributed by atoms with E-state index in [9.17, 15) is 31.9 Å². The van der Waals surface area contributed by atoms with E-state index in [0.29, 0.717) is 18.8 Å². The molecule has 0 atom stereocenters. The van der Waals surface area contributed by atoms with Crippen LogP contribution in [-0.2, 0) is 4.79 Å². The minimum Gasteiger partial charge on any atom is -0.388 e. The van der Waals surface area contributed by atoms with E-state index in [0.717, 1.165) is 0 Å². The van der Waals surface area contributed by atoms with E-state index in [1.54, 1.807) is 0 Å². The molecular weight excluding hydrogens is 273 g/mol. The van der Waals surface area contributed by atoms with E-state index in [2.05, 4.69) is 0 Å². The van der Waals surface area contributed by atoms with Crippen molar-refractivity contribution in [3.05, 3.63) is 0 Å². The van der Waals surface area contributed by atoms with Gasteiger partial charge in [-0.25, -0.2) is 0 Å². The van der Waals surface area contributed by atoms with E-state index in [-0.39, 0.29) is 12.8 Å². The van der Waals surface area contributed by atoms with Gasteiger partial charge in [-0.15, -0.1) is 0 Å². The highest BCUT2D eigenvalue weighted by atomic mass is 19.4. The van der Waals surface area contributed by atoms with Crippen molar-refractivity contribution in [3.63, 3.8) is 0 Å². The molecule has 0 aliphatic heterocycles. The lowest BCUT2D eigenvalue weighted by Gasteiger charge is -2.35. The van der Waals surface area contributed by atoms with Crippen LogP contribution in [0.5, 0.6) is 0 Å². The molecule has 1 amide bonds. The van der Waals surface area contributed by atoms with Gasteiger partial charge in [0.15, 0.2) is 0 Å². The number of carbonyl (C=O) groups is 1. The standard InChI is InChI=1S/C11H16F5NO2/c1-7-2-4-9(19,5-3-7)6-17-8(18)10(12,13)11(14,15)16/h7,19H,2-6H2,1H3,(H,17,18). The van der Waals surface area contributed by atoms with Crippen molar-refractivity contribution in [1.82, 2.24) is 5.32 Å². The van der Waals surface area contributed by atoms with Gasteiger partial charge in [0.25, 0.3) is 5.91 Å². The van der Waals surface area contributed by atoms with E-state index in [1.165, 1.54) is 5.32 Å². The average Bonchev–Trinajstić information content (AvgIpc) is 2.29. The summed E-state index contributed by atoms with van der Waals surface area (Å²) in [6.07, 6.45) is -4.11. The number of carbonyl (C=O) groups excluding carboxylic acids is 1. The first kappa shape index (κ1) is 16.1. The maximum Gasteiger partial charge on any atom is 0.463 e. The van der Waals surface area contributed by atoms with E-state index >= 15 is 0 Å². The number of rotatable bonds is 3. The van der Waals surface area contributed by atoms with Gasteiger partial charge in [0, 0.05) is 6.54 Å². The van der Waals surface area contributed by atoms with Gasteiger partial charge in [-0.3, -0.25) is 4.79 Å². The maximum absolute atomic E-state index is 12.6. The fraction of sp³-hybridized carbons (Fsp3) is 0.909. The molecule has 0 aromatic heterocycles. The highest BCUT2D eigenvalue weighted by molar-refractivity contribution is 5.84. The Morgan fingerprint density at radius 2 is 1.74 bits per heavy atom. The van der Waals surface area contributed by atoms with Crippen LogP contribution in [0.15, 0.2) is 0 Å². The Kier molecular flexibility index (Phi) is 4.44. The number of amides is 1. The molecule has 0 unspecified atom stereocenters. The molecule has 1 saturated carbocycles. The molecule has 0 saturated heterocycles. The minimum atomic E-state index is -5.93. The molecule has 112 valence electrons. The van der Waals surface area contributed by atoms with Crippen molar-refractivity contribution in [3.8, 4) is 0 Å². The smallest absolute Gasteiger partial charge is 0.388 e. The number of aliphatic hydroxyl groups is 1. The number of nitrogens with one attached hydrogen (secondary N) is 1. The quantitative estimate of drug-likeness (QED) is 0.783. The molecular formula is C11H16F5NO2. The molecule has 0 heterocycles. The second kappa shape index (κ2) is 5.22. The summed E-state index contributed by atoms with van der Waals surface area (Å²) in [4.78, 5) is 10.9. The van der Waals surface area contributed by atoms with Crippen LogP contribution in [-0.4, -0.2) is 35.3 Å². The predicted octanol–water partition coefficient (Wildman–Crippen LogP) is 2.24. The van der Waals surface area contributed by atoms with Crippen molar-refractivity contribution in [1.29, 1.82) is 0 Å². The first-order valence-corrected chi connectivity index (χ1v) is 5.93. The van der Waals surface area contributed by atoms with Gasteiger partial charge in [-0.2, -0.15) is 22.0 Å². The van der Waals surface area contributed by atoms with Gasteiger partial charge in [-0.05, 0) is 31.6 Å². The Balaban J connectivity index is 2.55. The minimum absolute atomic E-state index is 0.270. The van der Waals surface area contributed by atoms with Crippen molar-refractivity contribution in [2.24, 2.45) is 5.92 Å². The molecule has 19 heavy (non-hydrogen) atoms. The van der Waals surface area contributed by atoms with Gasteiger partial charge >= 0.3 is 12.1 Å². The third-order valence-corrected chi connectivity index (χ3v) is 3.42. The summed E-state index contributed by atoms with van der Waals surface area (Å²) in [6, 6.07) is 0. The second-order valence-electron chi connectivity index (χ2n) is 5.16. The van der Waals surface area contributed by atoms with Crippen LogP contribution in [0.1, 0.15) is 32.6 Å². The Hall–Kier alpha value is -0.920. The molecule has 3 nitrogen and oxygen atoms in total. The Labute approximate surface area is 107 Å². The fourth-order valence-corrected chi connectivity index (χ4v) is 1.96. The molecule has 0 radical (unpaired) electrons. The van der Waals surface area contributed by atoms with Crippen LogP contribution in [0.4, 0.5) is 22.0 Å². The highest BCUT2D eigenvalue weighted by Crippen LogP contribution is 2.36. The molecule has 0 aromatic rings. The predicted molar refractivity (Wildman–Crippen MR) is 56.6 cm³/mol. The topological polar surface area (TPSA) is 49.3 Å². The lowest BCUT2D eigenvalue weighted by molar-refractivity contribution is -0.270. The molecule has 8 heteroatoms. The van der Waals surface area contributed by atoms with Crippen molar-refractivity contribution in [2.45, 2.75) is 50.3 Å². The van der Waals surface area contributed by atoms with Gasteiger partial charge in [-0.1, -0.05) is 6.92 Å². The summed E-state index contributed by atoms with van der Waals surface area (Å²) in [5.41, 5.74) is -1.40. The summed E-state index contributed by atoms with van der Waals surface area (Å²) in [7, 11) is 0. The monoisotopic (exact) mass is 289 g/mol. The zero-order chi connectivity index (χ0) is 14.9. The zero-order valence-corrected chi connectivity index (χ0v) is 10.4. The molecule has 0 spiro atoms. The first-order valence-electron chi connectivity index (χ1n) is 5.93. The maximum atomic E-state index is 12.6. The lowest BCUT2D eigenvalue weighted by atomic mass is 9.79. The average molecular weight is 289 g/mol. The van der Waals surface area contributed by atoms with Crippen LogP contribution in [0.25, 0.3) is 0 Å². The summed E-state index contributed by atoms with van der Waals surface area (Å²) in [5, 5.41) is 11.5. The van der Waals surface area contributed by atoms with E-state index in [1.807, 2.05) is 6.92 Å². The Morgan fingerprint density at radius 1 is 1.26 bits per heavy atom. The van der Waals surface area contributed by atoms with Crippen LogP contribution < -0.4 is 5.32 Å². The summed E-state index contributed by atoms with van der Waals surface area (Å²) in [5.74, 6) is -7.50. The Morgan fingerprint density at radius 3 is 2.16 bits per heavy atom. The van der Waals surface area contributed by atoms with Gasteiger partial charge in [0.1, 0.15) is 0 Å². The fourth-order valence-electron chi connectivity index (χ4n) is 1.96. The summed E-state index contributed by atoms with van der Waals surface area (Å²) in [6.45, 7) is 1.36. The highest BCUT2D eigenvalue weighted by Gasteiger charge is 2.63.